The number of ether oxygens (including phenoxy) is 2. The molecule has 2 aliphatic heterocycles. The summed E-state index contributed by atoms with van der Waals surface area (Å²) in [5, 5.41) is 13.8. The molecule has 2 aliphatic carbocycles. The van der Waals surface area contributed by atoms with Crippen molar-refractivity contribution in [1.29, 1.82) is 0 Å². The normalized spacial score (nSPS) is 31.6. The fourth-order valence-corrected chi connectivity index (χ4v) is 6.54. The summed E-state index contributed by atoms with van der Waals surface area (Å²) >= 11 is 4.14. The maximum atomic E-state index is 12.2. The molecule has 8 heteroatoms. The van der Waals surface area contributed by atoms with Crippen LogP contribution in [0.1, 0.15) is 36.5 Å². The number of esters is 1. The number of phenolic OH excluding ortho intramolecular Hbond substituents is 1. The summed E-state index contributed by atoms with van der Waals surface area (Å²) in [6.07, 6.45) is 5.94. The number of hydrogen-bond donors (Lipinski definition) is 3. The Labute approximate surface area is 193 Å². The largest absolute Gasteiger partial charge is 0.504 e. The monoisotopic (exact) mass is 458 g/mol. The number of likely N-dealkylation sites (tertiary alicyclic amines) is 1. The van der Waals surface area contributed by atoms with Crippen molar-refractivity contribution in [2.45, 2.75) is 56.3 Å². The number of nitrogens with one attached hydrogen (secondary N) is 1. The smallest absolute Gasteiger partial charge is 0.303 e. The summed E-state index contributed by atoms with van der Waals surface area (Å²) in [6, 6.07) is 2.06. The number of piperidine rings is 1. The van der Waals surface area contributed by atoms with Gasteiger partial charge < -0.3 is 24.8 Å². The van der Waals surface area contributed by atoms with E-state index in [2.05, 4.69) is 36.0 Å². The predicted octanol–water partition coefficient (Wildman–Crippen LogP) is 1.75. The van der Waals surface area contributed by atoms with E-state index in [9.17, 15) is 14.7 Å². The lowest BCUT2D eigenvalue weighted by Crippen LogP contribution is -2.65. The van der Waals surface area contributed by atoms with Crippen molar-refractivity contribution in [1.82, 2.24) is 10.2 Å². The Hall–Kier alpha value is -2.19. The number of amides is 1. The van der Waals surface area contributed by atoms with E-state index in [4.69, 9.17) is 9.47 Å². The molecule has 5 unspecified atom stereocenters. The Morgan fingerprint density at radius 1 is 1.41 bits per heavy atom. The van der Waals surface area contributed by atoms with Crippen LogP contribution in [0.4, 0.5) is 0 Å². The summed E-state index contributed by atoms with van der Waals surface area (Å²) in [5.41, 5.74) is 2.93. The minimum Gasteiger partial charge on any atom is -0.504 e. The van der Waals surface area contributed by atoms with Crippen LogP contribution < -0.4 is 10.1 Å². The van der Waals surface area contributed by atoms with Crippen LogP contribution in [0.5, 0.6) is 11.5 Å². The number of benzene rings is 1. The van der Waals surface area contributed by atoms with E-state index in [0.29, 0.717) is 36.9 Å². The highest BCUT2D eigenvalue weighted by Gasteiger charge is 2.65. The van der Waals surface area contributed by atoms with Crippen molar-refractivity contribution in [3.63, 3.8) is 0 Å². The van der Waals surface area contributed by atoms with Crippen molar-refractivity contribution in [3.8, 4) is 11.5 Å². The zero-order chi connectivity index (χ0) is 22.6. The van der Waals surface area contributed by atoms with Crippen molar-refractivity contribution in [2.75, 3.05) is 25.9 Å². The molecule has 5 rings (SSSR count). The zero-order valence-corrected chi connectivity index (χ0v) is 19.4. The van der Waals surface area contributed by atoms with E-state index in [1.165, 1.54) is 12.5 Å². The average Bonchev–Trinajstić information content (AvgIpc) is 3.11. The molecule has 2 N–H and O–H groups in total. The zero-order valence-electron chi connectivity index (χ0n) is 18.5. The highest BCUT2D eigenvalue weighted by molar-refractivity contribution is 7.80. The molecular formula is C24H30N2O5S. The quantitative estimate of drug-likeness (QED) is 0.342. The van der Waals surface area contributed by atoms with Gasteiger partial charge in [-0.1, -0.05) is 6.08 Å². The molecule has 2 heterocycles. The van der Waals surface area contributed by atoms with Crippen molar-refractivity contribution >= 4 is 24.5 Å². The van der Waals surface area contributed by atoms with Gasteiger partial charge in [0.25, 0.3) is 0 Å². The Kier molecular flexibility index (Phi) is 5.40. The van der Waals surface area contributed by atoms with Gasteiger partial charge in [-0.3, -0.25) is 9.59 Å². The molecule has 1 aromatic rings. The van der Waals surface area contributed by atoms with Gasteiger partial charge in [-0.05, 0) is 56.1 Å². The molecule has 32 heavy (non-hydrogen) atoms. The van der Waals surface area contributed by atoms with Crippen LogP contribution in [-0.4, -0.2) is 66.0 Å². The van der Waals surface area contributed by atoms with Crippen LogP contribution >= 0.6 is 12.6 Å². The number of nitrogens with zero attached hydrogens (tertiary/aromatic N) is 1. The van der Waals surface area contributed by atoms with E-state index in [-0.39, 0.29) is 35.1 Å². The van der Waals surface area contributed by atoms with Gasteiger partial charge in [0.1, 0.15) is 6.10 Å². The molecule has 1 amide bonds. The van der Waals surface area contributed by atoms with Crippen molar-refractivity contribution in [2.24, 2.45) is 5.92 Å². The molecule has 7 nitrogen and oxygen atoms in total. The number of rotatable bonds is 6. The molecule has 172 valence electrons. The summed E-state index contributed by atoms with van der Waals surface area (Å²) < 4.78 is 12.1. The first-order valence-corrected chi connectivity index (χ1v) is 12.0. The first-order chi connectivity index (χ1) is 15.4. The highest BCUT2D eigenvalue weighted by Crippen LogP contribution is 2.63. The molecule has 5 atom stereocenters. The fraction of sp³-hybridized carbons (Fsp3) is 0.583. The molecule has 0 radical (unpaired) electrons. The highest BCUT2D eigenvalue weighted by atomic mass is 32.1. The average molecular weight is 459 g/mol. The summed E-state index contributed by atoms with van der Waals surface area (Å²) in [4.78, 5) is 26.4. The minimum atomic E-state index is -0.485. The number of carbonyl (C=O) groups excluding carboxylic acids is 2. The van der Waals surface area contributed by atoms with Gasteiger partial charge >= 0.3 is 5.97 Å². The third-order valence-corrected chi connectivity index (χ3v) is 7.93. The van der Waals surface area contributed by atoms with Crippen LogP contribution in [-0.2, 0) is 32.6 Å². The number of thiol groups is 1. The van der Waals surface area contributed by atoms with E-state index >= 15 is 0 Å². The van der Waals surface area contributed by atoms with E-state index in [1.807, 2.05) is 6.08 Å². The second-order valence-corrected chi connectivity index (χ2v) is 9.82. The number of likely N-dealkylation sites (N-methyl/N-ethyl adjacent to an activating group) is 1. The maximum absolute atomic E-state index is 12.2. The summed E-state index contributed by atoms with van der Waals surface area (Å²) in [7, 11) is 2.16. The van der Waals surface area contributed by atoms with Gasteiger partial charge in [-0.15, -0.1) is 0 Å². The topological polar surface area (TPSA) is 88.1 Å². The Morgan fingerprint density at radius 3 is 2.97 bits per heavy atom. The van der Waals surface area contributed by atoms with Gasteiger partial charge in [0.05, 0.1) is 0 Å². The molecule has 1 fully saturated rings. The van der Waals surface area contributed by atoms with Crippen LogP contribution in [0, 0.1) is 5.92 Å². The number of carbonyl (C=O) groups is 2. The molecule has 0 aromatic heterocycles. The lowest BCUT2D eigenvalue weighted by molar-refractivity contribution is -0.152. The van der Waals surface area contributed by atoms with Crippen LogP contribution in [0.3, 0.4) is 0 Å². The van der Waals surface area contributed by atoms with Crippen LogP contribution in [0.25, 0.3) is 0 Å². The SMILES string of the molecule is CC(=O)OC1C=CC2C3Cc4c(CCC(=O)NCCS)cc(O)c5c4C2(CCN3C)C1O5. The van der Waals surface area contributed by atoms with Gasteiger partial charge in [-0.25, -0.2) is 0 Å². The van der Waals surface area contributed by atoms with Crippen LogP contribution in [0.15, 0.2) is 18.2 Å². The summed E-state index contributed by atoms with van der Waals surface area (Å²) in [6.45, 7) is 2.87. The lowest BCUT2D eigenvalue weighted by atomic mass is 9.53. The fourth-order valence-electron chi connectivity index (χ4n) is 6.43. The molecule has 1 spiro atoms. The van der Waals surface area contributed by atoms with Gasteiger partial charge in [0.2, 0.25) is 5.91 Å². The predicted molar refractivity (Wildman–Crippen MR) is 122 cm³/mol. The van der Waals surface area contributed by atoms with E-state index < -0.39 is 6.10 Å². The van der Waals surface area contributed by atoms with Gasteiger partial charge in [0.15, 0.2) is 17.6 Å². The number of phenols is 1. The van der Waals surface area contributed by atoms with Crippen molar-refractivity contribution < 1.29 is 24.2 Å². The Morgan fingerprint density at radius 2 is 2.22 bits per heavy atom. The lowest BCUT2D eigenvalue weighted by Gasteiger charge is -2.56. The maximum Gasteiger partial charge on any atom is 0.303 e. The first-order valence-electron chi connectivity index (χ1n) is 11.3. The van der Waals surface area contributed by atoms with Gasteiger partial charge in [0, 0.05) is 48.6 Å². The van der Waals surface area contributed by atoms with E-state index in [1.54, 1.807) is 6.07 Å². The third-order valence-electron chi connectivity index (χ3n) is 7.71. The number of aromatic hydroxyl groups is 1. The minimum absolute atomic E-state index is 0.0138. The third kappa shape index (κ3) is 3.14. The first kappa shape index (κ1) is 21.6. The second-order valence-electron chi connectivity index (χ2n) is 9.38. The second kappa shape index (κ2) is 7.99. The van der Waals surface area contributed by atoms with Crippen LogP contribution in [0.2, 0.25) is 0 Å². The molecule has 2 bridgehead atoms. The molecular weight excluding hydrogens is 428 g/mol. The standard InChI is InChI=1S/C24H30N2O5S/c1-13(27)30-19-5-4-16-17-12-15-14(3-6-20(29)25-8-10-32)11-18(28)22-21(15)24(16,23(19)31-22)7-9-26(17)2/h4-5,11,16-17,19,23,28,32H,3,6-10,12H2,1-2H3,(H,25,29). The molecule has 1 aromatic carbocycles. The summed E-state index contributed by atoms with van der Waals surface area (Å²) in [5.74, 6) is 1.11. The molecule has 1 saturated heterocycles. The van der Waals surface area contributed by atoms with E-state index in [0.717, 1.165) is 30.5 Å². The number of aryl methyl sites for hydroxylation is 1. The molecule has 4 aliphatic rings. The Balaban J connectivity index is 1.58. The number of hydrogen-bond acceptors (Lipinski definition) is 7. The van der Waals surface area contributed by atoms with Gasteiger partial charge in [-0.2, -0.15) is 12.6 Å². The van der Waals surface area contributed by atoms with Crippen molar-refractivity contribution in [3.05, 3.63) is 34.9 Å². The Bertz CT molecular complexity index is 995. The molecule has 0 saturated carbocycles.